The van der Waals surface area contributed by atoms with Crippen molar-refractivity contribution in [1.82, 2.24) is 5.32 Å². The van der Waals surface area contributed by atoms with Gasteiger partial charge in [-0.3, -0.25) is 9.59 Å². The van der Waals surface area contributed by atoms with E-state index in [-0.39, 0.29) is 36.9 Å². The molecule has 0 aromatic heterocycles. The smallest absolute Gasteiger partial charge is 0.408 e. The summed E-state index contributed by atoms with van der Waals surface area (Å²) in [5.41, 5.74) is -1.75. The summed E-state index contributed by atoms with van der Waals surface area (Å²) in [6, 6.07) is 11.6. The minimum Gasteiger partial charge on any atom is -0.458 e. The highest BCUT2D eigenvalue weighted by Gasteiger charge is 2.31. The molecule has 0 spiro atoms. The molecule has 0 heterocycles. The third kappa shape index (κ3) is 13.5. The van der Waals surface area contributed by atoms with Gasteiger partial charge in [0.2, 0.25) is 0 Å². The maximum atomic E-state index is 13.3. The van der Waals surface area contributed by atoms with Crippen LogP contribution in [-0.2, 0) is 35.0 Å². The molecule has 2 rings (SSSR count). The quantitative estimate of drug-likeness (QED) is 0.176. The monoisotopic (exact) mass is 663 g/mol. The summed E-state index contributed by atoms with van der Waals surface area (Å²) < 4.78 is 27.3. The molecule has 1 amide bonds. The highest BCUT2D eigenvalue weighted by atomic mass is 35.5. The van der Waals surface area contributed by atoms with Gasteiger partial charge in [0.1, 0.15) is 24.4 Å². The van der Waals surface area contributed by atoms with E-state index in [2.05, 4.69) is 5.32 Å². The number of amides is 1. The van der Waals surface area contributed by atoms with E-state index >= 15 is 0 Å². The number of halogens is 1. The van der Waals surface area contributed by atoms with Crippen LogP contribution in [0.25, 0.3) is 0 Å². The van der Waals surface area contributed by atoms with Crippen LogP contribution in [0.15, 0.2) is 48.5 Å². The summed E-state index contributed by atoms with van der Waals surface area (Å²) in [7, 11) is 0. The van der Waals surface area contributed by atoms with Crippen LogP contribution in [-0.4, -0.2) is 54.3 Å². The first-order chi connectivity index (χ1) is 20.7. The molecule has 2 aromatic carbocycles. The summed E-state index contributed by atoms with van der Waals surface area (Å²) in [4.78, 5) is 63.7. The molecule has 0 aliphatic rings. The number of hydrogen-bond acceptors (Lipinski definition) is 10. The van der Waals surface area contributed by atoms with Crippen LogP contribution in [0.2, 0.25) is 0 Å². The Kier molecular flexibility index (Phi) is 14.3. The SMILES string of the molecule is C[C@H](COC(=O)c1ccccc1)OC(=O)[C@H](Cc1ccc(OC(=O)C(C)(C)C)c(OC(=O)C(C)(C)C)c1)NC(=O)OC(C)(C)C.Cl. The number of esters is 4. The molecule has 0 bridgehead atoms. The lowest BCUT2D eigenvalue weighted by Gasteiger charge is -2.24. The van der Waals surface area contributed by atoms with Crippen LogP contribution in [0.3, 0.4) is 0 Å². The van der Waals surface area contributed by atoms with E-state index in [1.165, 1.54) is 12.1 Å². The van der Waals surface area contributed by atoms with Crippen LogP contribution in [0.4, 0.5) is 4.79 Å². The normalized spacial score (nSPS) is 12.8. The molecular formula is C34H46ClNO10. The minimum atomic E-state index is -1.25. The molecule has 0 aliphatic heterocycles. The van der Waals surface area contributed by atoms with Gasteiger partial charge in [-0.15, -0.1) is 12.4 Å². The van der Waals surface area contributed by atoms with Crippen LogP contribution in [0.5, 0.6) is 11.5 Å². The molecule has 0 radical (unpaired) electrons. The van der Waals surface area contributed by atoms with Crippen molar-refractivity contribution in [3.05, 3.63) is 59.7 Å². The van der Waals surface area contributed by atoms with Gasteiger partial charge in [-0.25, -0.2) is 14.4 Å². The van der Waals surface area contributed by atoms with E-state index in [4.69, 9.17) is 23.7 Å². The van der Waals surface area contributed by atoms with E-state index in [1.54, 1.807) is 106 Å². The molecule has 0 saturated heterocycles. The van der Waals surface area contributed by atoms with Gasteiger partial charge in [-0.1, -0.05) is 24.3 Å². The molecule has 11 nitrogen and oxygen atoms in total. The van der Waals surface area contributed by atoms with E-state index in [0.717, 1.165) is 0 Å². The molecular weight excluding hydrogens is 618 g/mol. The average Bonchev–Trinajstić information content (AvgIpc) is 2.91. The topological polar surface area (TPSA) is 144 Å². The number of nitrogens with one attached hydrogen (secondary N) is 1. The highest BCUT2D eigenvalue weighted by molar-refractivity contribution is 5.89. The first-order valence-corrected chi connectivity index (χ1v) is 14.7. The van der Waals surface area contributed by atoms with Gasteiger partial charge in [0.15, 0.2) is 11.5 Å². The van der Waals surface area contributed by atoms with Crippen molar-refractivity contribution in [3.63, 3.8) is 0 Å². The third-order valence-electron chi connectivity index (χ3n) is 5.83. The summed E-state index contributed by atoms with van der Waals surface area (Å²) in [6.07, 6.45) is -1.82. The van der Waals surface area contributed by atoms with E-state index in [9.17, 15) is 24.0 Å². The molecule has 2 aromatic rings. The fourth-order valence-corrected chi connectivity index (χ4v) is 3.39. The zero-order valence-corrected chi connectivity index (χ0v) is 29.0. The van der Waals surface area contributed by atoms with Gasteiger partial charge in [-0.05, 0) is 99.1 Å². The Labute approximate surface area is 277 Å². The predicted molar refractivity (Wildman–Crippen MR) is 173 cm³/mol. The summed E-state index contributed by atoms with van der Waals surface area (Å²) in [5, 5.41) is 2.53. The predicted octanol–water partition coefficient (Wildman–Crippen LogP) is 6.24. The zero-order valence-electron chi connectivity index (χ0n) is 28.2. The maximum Gasteiger partial charge on any atom is 0.408 e. The molecule has 12 heteroatoms. The second-order valence-electron chi connectivity index (χ2n) is 13.7. The summed E-state index contributed by atoms with van der Waals surface area (Å²) >= 11 is 0. The second kappa shape index (κ2) is 16.4. The van der Waals surface area contributed by atoms with Crippen molar-refractivity contribution in [3.8, 4) is 11.5 Å². The number of alkyl carbamates (subject to hydrolysis) is 1. The molecule has 46 heavy (non-hydrogen) atoms. The standard InChI is InChI=1S/C34H45NO10.ClH/c1-21(20-41-27(36)23-14-12-11-13-15-23)42-28(37)24(35-31(40)45-34(8,9)10)18-22-16-17-25(43-29(38)32(2,3)4)26(19-22)44-30(39)33(5,6)7;/h11-17,19,21,24H,18,20H2,1-10H3,(H,35,40);1H/t21-,24+;/m1./s1. The van der Waals surface area contributed by atoms with Crippen molar-refractivity contribution >= 4 is 42.4 Å². The zero-order chi connectivity index (χ0) is 34.2. The fourth-order valence-electron chi connectivity index (χ4n) is 3.39. The van der Waals surface area contributed by atoms with Crippen molar-refractivity contribution in [1.29, 1.82) is 0 Å². The second-order valence-corrected chi connectivity index (χ2v) is 13.7. The fraction of sp³-hybridized carbons (Fsp3) is 0.500. The molecule has 1 N–H and O–H groups in total. The van der Waals surface area contributed by atoms with E-state index < -0.39 is 58.5 Å². The molecule has 2 atom stereocenters. The van der Waals surface area contributed by atoms with E-state index in [0.29, 0.717) is 11.1 Å². The number of benzene rings is 2. The molecule has 0 fully saturated rings. The molecule has 0 saturated carbocycles. The maximum absolute atomic E-state index is 13.3. The number of rotatable bonds is 10. The lowest BCUT2D eigenvalue weighted by Crippen LogP contribution is -2.46. The van der Waals surface area contributed by atoms with Crippen LogP contribution in [0, 0.1) is 10.8 Å². The number of ether oxygens (including phenoxy) is 5. The number of carbonyl (C=O) groups is 5. The van der Waals surface area contributed by atoms with E-state index in [1.807, 2.05) is 0 Å². The number of carbonyl (C=O) groups excluding carboxylic acids is 5. The molecule has 0 unspecified atom stereocenters. The lowest BCUT2D eigenvalue weighted by molar-refractivity contribution is -0.152. The summed E-state index contributed by atoms with van der Waals surface area (Å²) in [6.45, 7) is 16.4. The Morgan fingerprint density at radius 1 is 0.761 bits per heavy atom. The van der Waals surface area contributed by atoms with Crippen LogP contribution in [0.1, 0.15) is 85.2 Å². The average molecular weight is 664 g/mol. The Bertz CT molecular complexity index is 1370. The Hall–Kier alpha value is -4.12. The first kappa shape index (κ1) is 39.9. The van der Waals surface area contributed by atoms with Crippen molar-refractivity contribution in [2.75, 3.05) is 6.61 Å². The van der Waals surface area contributed by atoms with Crippen LogP contribution < -0.4 is 14.8 Å². The van der Waals surface area contributed by atoms with Crippen molar-refractivity contribution in [2.45, 2.75) is 93.4 Å². The van der Waals surface area contributed by atoms with Crippen molar-refractivity contribution in [2.24, 2.45) is 10.8 Å². The Balaban J connectivity index is 0.0000106. The largest absolute Gasteiger partial charge is 0.458 e. The Morgan fingerprint density at radius 3 is 1.83 bits per heavy atom. The third-order valence-corrected chi connectivity index (χ3v) is 5.83. The molecule has 254 valence electrons. The van der Waals surface area contributed by atoms with Crippen molar-refractivity contribution < 1.29 is 47.7 Å². The Morgan fingerprint density at radius 2 is 1.30 bits per heavy atom. The lowest BCUT2D eigenvalue weighted by atomic mass is 9.97. The summed E-state index contributed by atoms with van der Waals surface area (Å²) in [5.74, 6) is -2.53. The van der Waals surface area contributed by atoms with Gasteiger partial charge >= 0.3 is 30.0 Å². The number of hydrogen-bond donors (Lipinski definition) is 1. The highest BCUT2D eigenvalue weighted by Crippen LogP contribution is 2.33. The van der Waals surface area contributed by atoms with Gasteiger partial charge in [0.25, 0.3) is 0 Å². The van der Waals surface area contributed by atoms with Crippen LogP contribution >= 0.6 is 12.4 Å². The first-order valence-electron chi connectivity index (χ1n) is 14.7. The van der Waals surface area contributed by atoms with Gasteiger partial charge < -0.3 is 29.0 Å². The van der Waals surface area contributed by atoms with Gasteiger partial charge in [0, 0.05) is 6.42 Å². The van der Waals surface area contributed by atoms with Gasteiger partial charge in [0.05, 0.1) is 16.4 Å². The van der Waals surface area contributed by atoms with Gasteiger partial charge in [-0.2, -0.15) is 0 Å². The minimum absolute atomic E-state index is 0. The molecule has 0 aliphatic carbocycles.